The zero-order valence-electron chi connectivity index (χ0n) is 15.9. The lowest BCUT2D eigenvalue weighted by Gasteiger charge is -2.17. The van der Waals surface area contributed by atoms with Crippen LogP contribution >= 0.6 is 23.1 Å². The van der Waals surface area contributed by atoms with E-state index in [1.165, 1.54) is 23.1 Å². The molecule has 1 amide bonds. The minimum absolute atomic E-state index is 0.0757. The molecule has 0 radical (unpaired) electrons. The molecule has 0 N–H and O–H groups in total. The molecule has 4 rings (SSSR count). The van der Waals surface area contributed by atoms with Crippen LogP contribution in [-0.2, 0) is 10.5 Å². The first kappa shape index (κ1) is 19.3. The highest BCUT2D eigenvalue weighted by atomic mass is 32.2. The van der Waals surface area contributed by atoms with Crippen molar-refractivity contribution in [2.45, 2.75) is 24.8 Å². The molecule has 0 saturated carbocycles. The van der Waals surface area contributed by atoms with E-state index < -0.39 is 0 Å². The van der Waals surface area contributed by atoms with E-state index in [2.05, 4.69) is 20.5 Å². The van der Waals surface area contributed by atoms with Gasteiger partial charge in [0, 0.05) is 18.1 Å². The lowest BCUT2D eigenvalue weighted by atomic mass is 10.2. The number of carbonyl (C=O) groups excluding carboxylic acids is 1. The zero-order chi connectivity index (χ0) is 20.2. The van der Waals surface area contributed by atoms with Gasteiger partial charge in [-0.3, -0.25) is 9.69 Å². The fraction of sp³-hybridized carbons (Fsp3) is 0.150. The molecule has 146 valence electrons. The third-order valence-electron chi connectivity index (χ3n) is 4.19. The van der Waals surface area contributed by atoms with Crippen LogP contribution in [0.2, 0.25) is 0 Å². The largest absolute Gasteiger partial charge is 0.274 e. The number of benzene rings is 2. The van der Waals surface area contributed by atoms with Crippen LogP contribution in [0.4, 0.5) is 10.8 Å². The van der Waals surface area contributed by atoms with Crippen LogP contribution in [0.3, 0.4) is 0 Å². The SMILES string of the molecule is CC(=O)N(c1ccccc1)c1nc(CSc2nnnn2-c2ccccc2C)cs1. The number of para-hydroxylation sites is 2. The molecule has 7 nitrogen and oxygen atoms in total. The second-order valence-corrected chi connectivity index (χ2v) is 8.04. The van der Waals surface area contributed by atoms with Gasteiger partial charge in [0.2, 0.25) is 11.1 Å². The third kappa shape index (κ3) is 4.20. The summed E-state index contributed by atoms with van der Waals surface area (Å²) in [6, 6.07) is 17.5. The van der Waals surface area contributed by atoms with Gasteiger partial charge in [0.15, 0.2) is 5.13 Å². The quantitative estimate of drug-likeness (QED) is 0.429. The summed E-state index contributed by atoms with van der Waals surface area (Å²) in [6.45, 7) is 3.57. The van der Waals surface area contributed by atoms with E-state index in [1.54, 1.807) is 16.5 Å². The Labute approximate surface area is 176 Å². The number of aromatic nitrogens is 5. The van der Waals surface area contributed by atoms with Crippen molar-refractivity contribution in [2.75, 3.05) is 4.90 Å². The molecule has 2 aromatic carbocycles. The minimum Gasteiger partial charge on any atom is -0.274 e. The van der Waals surface area contributed by atoms with Gasteiger partial charge in [-0.15, -0.1) is 16.4 Å². The van der Waals surface area contributed by atoms with Crippen LogP contribution < -0.4 is 4.90 Å². The van der Waals surface area contributed by atoms with Crippen molar-refractivity contribution in [3.8, 4) is 5.69 Å². The van der Waals surface area contributed by atoms with E-state index in [4.69, 9.17) is 0 Å². The van der Waals surface area contributed by atoms with Gasteiger partial charge in [0.05, 0.1) is 17.1 Å². The van der Waals surface area contributed by atoms with Gasteiger partial charge in [-0.2, -0.15) is 4.68 Å². The Morgan fingerprint density at radius 1 is 1.14 bits per heavy atom. The van der Waals surface area contributed by atoms with Crippen molar-refractivity contribution in [3.63, 3.8) is 0 Å². The molecule has 2 heterocycles. The van der Waals surface area contributed by atoms with Gasteiger partial charge in [0.1, 0.15) is 0 Å². The predicted octanol–water partition coefficient (Wildman–Crippen LogP) is 4.40. The van der Waals surface area contributed by atoms with E-state index >= 15 is 0 Å². The maximum atomic E-state index is 12.2. The van der Waals surface area contributed by atoms with Crippen LogP contribution in [0.1, 0.15) is 18.2 Å². The van der Waals surface area contributed by atoms with Crippen LogP contribution in [0.5, 0.6) is 0 Å². The fourth-order valence-corrected chi connectivity index (χ4v) is 4.60. The highest BCUT2D eigenvalue weighted by Gasteiger charge is 2.18. The Balaban J connectivity index is 1.52. The third-order valence-corrected chi connectivity index (χ3v) is 6.02. The normalized spacial score (nSPS) is 10.8. The molecule has 0 aliphatic carbocycles. The first-order valence-electron chi connectivity index (χ1n) is 8.91. The number of thiazole rings is 1. The van der Waals surface area contributed by atoms with Gasteiger partial charge < -0.3 is 0 Å². The Bertz CT molecular complexity index is 1120. The Morgan fingerprint density at radius 3 is 2.66 bits per heavy atom. The van der Waals surface area contributed by atoms with Gasteiger partial charge in [-0.1, -0.05) is 48.2 Å². The van der Waals surface area contributed by atoms with Crippen molar-refractivity contribution in [1.29, 1.82) is 0 Å². The number of nitrogens with zero attached hydrogens (tertiary/aromatic N) is 6. The highest BCUT2D eigenvalue weighted by molar-refractivity contribution is 7.98. The molecule has 0 atom stereocenters. The fourth-order valence-electron chi connectivity index (χ4n) is 2.83. The minimum atomic E-state index is -0.0757. The molecular formula is C20H18N6OS2. The standard InChI is InChI=1S/C20H18N6OS2/c1-14-8-6-7-11-18(14)26-20(22-23-24-26)29-13-16-12-28-19(21-16)25(15(2)27)17-9-4-3-5-10-17/h3-12H,13H2,1-2H3. The van der Waals surface area contributed by atoms with Crippen LogP contribution in [-0.4, -0.2) is 31.1 Å². The molecule has 0 bridgehead atoms. The first-order valence-corrected chi connectivity index (χ1v) is 10.8. The average Bonchev–Trinajstić information content (AvgIpc) is 3.37. The van der Waals surface area contributed by atoms with E-state index in [1.807, 2.05) is 66.9 Å². The molecule has 0 aliphatic rings. The second-order valence-electron chi connectivity index (χ2n) is 6.26. The summed E-state index contributed by atoms with van der Waals surface area (Å²) < 4.78 is 1.74. The molecule has 0 spiro atoms. The maximum absolute atomic E-state index is 12.2. The maximum Gasteiger partial charge on any atom is 0.230 e. The number of thioether (sulfide) groups is 1. The number of amides is 1. The van der Waals surface area contributed by atoms with Crippen LogP contribution in [0, 0.1) is 6.92 Å². The number of carbonyl (C=O) groups is 1. The summed E-state index contributed by atoms with van der Waals surface area (Å²) in [7, 11) is 0. The first-order chi connectivity index (χ1) is 14.1. The number of aryl methyl sites for hydroxylation is 1. The highest BCUT2D eigenvalue weighted by Crippen LogP contribution is 2.31. The average molecular weight is 423 g/mol. The molecule has 0 fully saturated rings. The van der Waals surface area contributed by atoms with Crippen molar-refractivity contribution >= 4 is 39.8 Å². The number of hydrogen-bond donors (Lipinski definition) is 0. The Kier molecular flexibility index (Phi) is 5.68. The lowest BCUT2D eigenvalue weighted by Crippen LogP contribution is -2.22. The zero-order valence-corrected chi connectivity index (χ0v) is 17.5. The number of anilines is 2. The van der Waals surface area contributed by atoms with Gasteiger partial charge in [-0.05, 0) is 41.1 Å². The number of rotatable bonds is 6. The summed E-state index contributed by atoms with van der Waals surface area (Å²) in [5, 5.41) is 15.4. The van der Waals surface area contributed by atoms with E-state index in [0.717, 1.165) is 22.6 Å². The van der Waals surface area contributed by atoms with Gasteiger partial charge >= 0.3 is 0 Å². The number of hydrogen-bond acceptors (Lipinski definition) is 7. The Hall–Kier alpha value is -3.04. The van der Waals surface area contributed by atoms with Gasteiger partial charge in [-0.25, -0.2) is 4.98 Å². The summed E-state index contributed by atoms with van der Waals surface area (Å²) in [4.78, 5) is 18.5. The molecular weight excluding hydrogens is 404 g/mol. The van der Waals surface area contributed by atoms with E-state index in [-0.39, 0.29) is 5.91 Å². The van der Waals surface area contributed by atoms with Crippen LogP contribution in [0.25, 0.3) is 5.69 Å². The second kappa shape index (κ2) is 8.54. The molecule has 0 unspecified atom stereocenters. The molecule has 0 aliphatic heterocycles. The predicted molar refractivity (Wildman–Crippen MR) is 115 cm³/mol. The van der Waals surface area contributed by atoms with Crippen molar-refractivity contribution in [1.82, 2.24) is 25.2 Å². The summed E-state index contributed by atoms with van der Waals surface area (Å²) in [5.41, 5.74) is 3.72. The van der Waals surface area contributed by atoms with Crippen LogP contribution in [0.15, 0.2) is 65.1 Å². The smallest absolute Gasteiger partial charge is 0.230 e. The van der Waals surface area contributed by atoms with Crippen molar-refractivity contribution in [3.05, 3.63) is 71.2 Å². The number of tetrazole rings is 1. The molecule has 0 saturated heterocycles. The van der Waals surface area contributed by atoms with Crippen molar-refractivity contribution < 1.29 is 4.79 Å². The summed E-state index contributed by atoms with van der Waals surface area (Å²) in [6.07, 6.45) is 0. The molecule has 2 aromatic heterocycles. The summed E-state index contributed by atoms with van der Waals surface area (Å²) >= 11 is 2.95. The lowest BCUT2D eigenvalue weighted by molar-refractivity contribution is -0.115. The van der Waals surface area contributed by atoms with Crippen molar-refractivity contribution in [2.24, 2.45) is 0 Å². The topological polar surface area (TPSA) is 76.8 Å². The van der Waals surface area contributed by atoms with E-state index in [9.17, 15) is 4.79 Å². The molecule has 4 aromatic rings. The Morgan fingerprint density at radius 2 is 1.90 bits per heavy atom. The molecule has 29 heavy (non-hydrogen) atoms. The summed E-state index contributed by atoms with van der Waals surface area (Å²) in [5.74, 6) is 0.525. The monoisotopic (exact) mass is 422 g/mol. The molecule has 9 heteroatoms. The van der Waals surface area contributed by atoms with Gasteiger partial charge in [0.25, 0.3) is 0 Å². The van der Waals surface area contributed by atoms with E-state index in [0.29, 0.717) is 16.0 Å².